The largest absolute Gasteiger partial charge is 0.466 e. The number of esters is 2. The predicted octanol–water partition coefficient (Wildman–Crippen LogP) is 5.58. The van der Waals surface area contributed by atoms with Crippen molar-refractivity contribution < 1.29 is 23.5 Å². The van der Waals surface area contributed by atoms with E-state index in [4.69, 9.17) is 9.16 Å². The van der Waals surface area contributed by atoms with Crippen LogP contribution in [0.3, 0.4) is 0 Å². The highest BCUT2D eigenvalue weighted by Gasteiger charge is 2.37. The monoisotopic (exact) mass is 404 g/mol. The molecule has 0 saturated heterocycles. The van der Waals surface area contributed by atoms with Gasteiger partial charge in [0.15, 0.2) is 8.32 Å². The van der Waals surface area contributed by atoms with Crippen molar-refractivity contribution in [3.63, 3.8) is 0 Å². The first-order valence-electron chi connectivity index (χ1n) is 10.1. The van der Waals surface area contributed by atoms with Gasteiger partial charge in [-0.2, -0.15) is 0 Å². The first kappa shape index (κ1) is 28.3. The third-order valence-corrected chi connectivity index (χ3v) is 9.34. The van der Waals surface area contributed by atoms with E-state index in [9.17, 15) is 9.59 Å². The Hall–Kier alpha value is -0.883. The van der Waals surface area contributed by atoms with Crippen molar-refractivity contribution in [1.29, 1.82) is 0 Å². The molecule has 0 aliphatic heterocycles. The Morgan fingerprint density at radius 3 is 1.74 bits per heavy atom. The molecule has 0 atom stereocenters. The summed E-state index contributed by atoms with van der Waals surface area (Å²) in [5.74, 6) is -0.218. The molecular weight excluding hydrogens is 360 g/mol. The summed E-state index contributed by atoms with van der Waals surface area (Å²) >= 11 is 0. The molecule has 0 bridgehead atoms. The van der Waals surface area contributed by atoms with Gasteiger partial charge in [0.25, 0.3) is 0 Å². The van der Waals surface area contributed by atoms with E-state index in [-0.39, 0.29) is 22.9 Å². The third kappa shape index (κ3) is 12.2. The van der Waals surface area contributed by atoms with Crippen LogP contribution in [-0.2, 0) is 23.5 Å². The molecule has 0 aliphatic carbocycles. The third-order valence-electron chi connectivity index (χ3n) is 4.80. The minimum absolute atomic E-state index is 0.00921. The molecule has 0 saturated carbocycles. The Bertz CT molecular complexity index is 436. The molecule has 0 aromatic carbocycles. The van der Waals surface area contributed by atoms with Crippen LogP contribution in [0.15, 0.2) is 0 Å². The highest BCUT2D eigenvalue weighted by Crippen LogP contribution is 2.36. The SMILES string of the molecule is CCOC(=O)C(C)(C)CCCO[Si](C)(C)C(C)(C)C.CCOC(=O)C(C)C. The Kier molecular flexibility index (Phi) is 13.2. The molecule has 0 aromatic heterocycles. The standard InChI is InChI=1S/C15H32O3Si.C6H12O2/c1-9-17-13(16)15(5,6)11-10-12-18-19(7,8)14(2,3)4;1-4-8-6(7)5(2)3/h9-12H2,1-8H3;5H,4H2,1-3H3. The van der Waals surface area contributed by atoms with Crippen molar-refractivity contribution in [3.05, 3.63) is 0 Å². The summed E-state index contributed by atoms with van der Waals surface area (Å²) in [6.45, 7) is 24.1. The van der Waals surface area contributed by atoms with Crippen LogP contribution in [0.4, 0.5) is 0 Å². The maximum Gasteiger partial charge on any atom is 0.311 e. The van der Waals surface area contributed by atoms with Gasteiger partial charge in [0.05, 0.1) is 24.5 Å². The Morgan fingerprint density at radius 1 is 0.926 bits per heavy atom. The number of hydrogen-bond donors (Lipinski definition) is 0. The molecule has 0 radical (unpaired) electrons. The van der Waals surface area contributed by atoms with E-state index in [2.05, 4.69) is 38.6 Å². The summed E-state index contributed by atoms with van der Waals surface area (Å²) in [6, 6.07) is 0. The highest BCUT2D eigenvalue weighted by atomic mass is 28.4. The smallest absolute Gasteiger partial charge is 0.311 e. The van der Waals surface area contributed by atoms with E-state index in [1.165, 1.54) is 0 Å². The van der Waals surface area contributed by atoms with Gasteiger partial charge in [-0.3, -0.25) is 9.59 Å². The predicted molar refractivity (Wildman–Crippen MR) is 114 cm³/mol. The lowest BCUT2D eigenvalue weighted by molar-refractivity contribution is -0.154. The molecule has 0 fully saturated rings. The summed E-state index contributed by atoms with van der Waals surface area (Å²) in [5.41, 5.74) is -0.410. The summed E-state index contributed by atoms with van der Waals surface area (Å²) in [7, 11) is -1.66. The first-order valence-corrected chi connectivity index (χ1v) is 13.0. The molecule has 27 heavy (non-hydrogen) atoms. The average molecular weight is 405 g/mol. The topological polar surface area (TPSA) is 61.8 Å². The number of rotatable bonds is 9. The van der Waals surface area contributed by atoms with Crippen LogP contribution in [0.1, 0.15) is 75.2 Å². The molecule has 162 valence electrons. The summed E-state index contributed by atoms with van der Waals surface area (Å²) in [5, 5.41) is 0.240. The summed E-state index contributed by atoms with van der Waals surface area (Å²) in [6.07, 6.45) is 1.71. The fourth-order valence-electron chi connectivity index (χ4n) is 1.80. The van der Waals surface area contributed by atoms with Gasteiger partial charge >= 0.3 is 11.9 Å². The molecule has 0 heterocycles. The van der Waals surface area contributed by atoms with Crippen LogP contribution in [0, 0.1) is 11.3 Å². The van der Waals surface area contributed by atoms with Crippen LogP contribution in [0.5, 0.6) is 0 Å². The van der Waals surface area contributed by atoms with E-state index in [1.807, 2.05) is 34.6 Å². The first-order chi connectivity index (χ1) is 12.1. The van der Waals surface area contributed by atoms with E-state index in [0.29, 0.717) is 13.2 Å². The zero-order chi connectivity index (χ0) is 21.9. The van der Waals surface area contributed by atoms with Gasteiger partial charge in [-0.15, -0.1) is 0 Å². The van der Waals surface area contributed by atoms with Crippen molar-refractivity contribution in [2.45, 2.75) is 93.3 Å². The van der Waals surface area contributed by atoms with E-state index >= 15 is 0 Å². The van der Waals surface area contributed by atoms with Gasteiger partial charge in [0, 0.05) is 6.61 Å². The van der Waals surface area contributed by atoms with Crippen LogP contribution >= 0.6 is 0 Å². The maximum absolute atomic E-state index is 11.8. The summed E-state index contributed by atoms with van der Waals surface area (Å²) < 4.78 is 15.9. The van der Waals surface area contributed by atoms with E-state index < -0.39 is 13.7 Å². The van der Waals surface area contributed by atoms with Crippen molar-refractivity contribution in [2.75, 3.05) is 19.8 Å². The molecule has 0 rings (SSSR count). The van der Waals surface area contributed by atoms with Crippen LogP contribution in [0.2, 0.25) is 18.1 Å². The molecule has 5 nitrogen and oxygen atoms in total. The molecule has 0 N–H and O–H groups in total. The number of ether oxygens (including phenoxy) is 2. The highest BCUT2D eigenvalue weighted by molar-refractivity contribution is 6.74. The molecule has 0 spiro atoms. The molecular formula is C21H44O5Si. The van der Waals surface area contributed by atoms with Crippen LogP contribution < -0.4 is 0 Å². The summed E-state index contributed by atoms with van der Waals surface area (Å²) in [4.78, 5) is 22.3. The van der Waals surface area contributed by atoms with Crippen LogP contribution in [-0.4, -0.2) is 40.1 Å². The Labute approximate surface area is 168 Å². The molecule has 6 heteroatoms. The second-order valence-corrected chi connectivity index (χ2v) is 14.0. The van der Waals surface area contributed by atoms with E-state index in [1.54, 1.807) is 6.92 Å². The normalized spacial score (nSPS) is 12.3. The minimum atomic E-state index is -1.66. The Balaban J connectivity index is 0. The van der Waals surface area contributed by atoms with Crippen molar-refractivity contribution in [1.82, 2.24) is 0 Å². The number of hydrogen-bond acceptors (Lipinski definition) is 5. The lowest BCUT2D eigenvalue weighted by atomic mass is 9.88. The number of carbonyl (C=O) groups is 2. The minimum Gasteiger partial charge on any atom is -0.466 e. The molecule has 0 aliphatic rings. The zero-order valence-corrected chi connectivity index (χ0v) is 20.7. The van der Waals surface area contributed by atoms with Crippen molar-refractivity contribution in [3.8, 4) is 0 Å². The molecule has 0 unspecified atom stereocenters. The molecule has 0 aromatic rings. The quantitative estimate of drug-likeness (QED) is 0.285. The van der Waals surface area contributed by atoms with Gasteiger partial charge in [-0.1, -0.05) is 34.6 Å². The fraction of sp³-hybridized carbons (Fsp3) is 0.905. The van der Waals surface area contributed by atoms with E-state index in [0.717, 1.165) is 19.4 Å². The van der Waals surface area contributed by atoms with Gasteiger partial charge in [-0.05, 0) is 58.7 Å². The average Bonchev–Trinajstić information content (AvgIpc) is 2.51. The lowest BCUT2D eigenvalue weighted by Gasteiger charge is -2.36. The van der Waals surface area contributed by atoms with Gasteiger partial charge < -0.3 is 13.9 Å². The van der Waals surface area contributed by atoms with Crippen LogP contribution in [0.25, 0.3) is 0 Å². The van der Waals surface area contributed by atoms with Crippen molar-refractivity contribution >= 4 is 20.3 Å². The molecule has 0 amide bonds. The van der Waals surface area contributed by atoms with Gasteiger partial charge in [-0.25, -0.2) is 0 Å². The second-order valence-electron chi connectivity index (χ2n) is 9.22. The number of carbonyl (C=O) groups excluding carboxylic acids is 2. The lowest BCUT2D eigenvalue weighted by Crippen LogP contribution is -2.41. The Morgan fingerprint density at radius 2 is 1.41 bits per heavy atom. The van der Waals surface area contributed by atoms with Gasteiger partial charge in [0.1, 0.15) is 0 Å². The fourth-order valence-corrected chi connectivity index (χ4v) is 2.88. The second kappa shape index (κ2) is 12.6. The van der Waals surface area contributed by atoms with Crippen molar-refractivity contribution in [2.24, 2.45) is 11.3 Å². The van der Waals surface area contributed by atoms with Gasteiger partial charge in [0.2, 0.25) is 0 Å². The zero-order valence-electron chi connectivity index (χ0n) is 19.7. The maximum atomic E-state index is 11.8.